The normalized spacial score (nSPS) is 11.4. The van der Waals surface area contributed by atoms with Crippen LogP contribution in [0.2, 0.25) is 0 Å². The maximum Gasteiger partial charge on any atom is 0.179 e. The van der Waals surface area contributed by atoms with E-state index in [9.17, 15) is 8.42 Å². The van der Waals surface area contributed by atoms with E-state index in [1.807, 2.05) is 19.1 Å². The Bertz CT molecular complexity index is 648. The Hall–Kier alpha value is -1.40. The third kappa shape index (κ3) is 3.08. The molecule has 4 nitrogen and oxygen atoms in total. The van der Waals surface area contributed by atoms with E-state index in [0.29, 0.717) is 12.4 Å². The summed E-state index contributed by atoms with van der Waals surface area (Å²) in [5.41, 5.74) is 0. The highest BCUT2D eigenvalue weighted by molar-refractivity contribution is 7.90. The lowest BCUT2D eigenvalue weighted by molar-refractivity contribution is 0.601. The molecule has 0 fully saturated rings. The molecule has 0 atom stereocenters. The van der Waals surface area contributed by atoms with Crippen LogP contribution in [0.3, 0.4) is 0 Å². The van der Waals surface area contributed by atoms with E-state index in [0.717, 1.165) is 4.88 Å². The van der Waals surface area contributed by atoms with Crippen molar-refractivity contribution < 1.29 is 8.42 Å². The molecule has 0 aliphatic carbocycles. The first-order chi connectivity index (χ1) is 8.47. The second kappa shape index (κ2) is 5.07. The molecule has 0 aliphatic heterocycles. The number of rotatable bonds is 4. The average molecular weight is 282 g/mol. The molecule has 0 aliphatic rings. The van der Waals surface area contributed by atoms with Crippen LogP contribution in [0.15, 0.2) is 35.4 Å². The SMILES string of the molecule is Cc1ccc(CNc2ncccc2S(C)(=O)=O)s1. The number of nitrogens with zero attached hydrogens (tertiary/aromatic N) is 1. The Labute approximate surface area is 111 Å². The fourth-order valence-electron chi connectivity index (χ4n) is 1.57. The Kier molecular flexibility index (Phi) is 3.68. The lowest BCUT2D eigenvalue weighted by Crippen LogP contribution is -2.07. The Morgan fingerprint density at radius 2 is 2.11 bits per heavy atom. The van der Waals surface area contributed by atoms with Gasteiger partial charge in [-0.25, -0.2) is 13.4 Å². The minimum atomic E-state index is -3.25. The van der Waals surface area contributed by atoms with E-state index in [1.165, 1.54) is 11.1 Å². The Morgan fingerprint density at radius 1 is 1.33 bits per heavy atom. The molecule has 18 heavy (non-hydrogen) atoms. The molecule has 1 N–H and O–H groups in total. The third-order valence-corrected chi connectivity index (χ3v) is 4.53. The van der Waals surface area contributed by atoms with Crippen molar-refractivity contribution in [3.63, 3.8) is 0 Å². The van der Waals surface area contributed by atoms with Crippen molar-refractivity contribution in [1.29, 1.82) is 0 Å². The zero-order valence-electron chi connectivity index (χ0n) is 10.2. The summed E-state index contributed by atoms with van der Waals surface area (Å²) in [5, 5.41) is 3.07. The smallest absolute Gasteiger partial charge is 0.179 e. The van der Waals surface area contributed by atoms with Crippen molar-refractivity contribution in [2.75, 3.05) is 11.6 Å². The van der Waals surface area contributed by atoms with Crippen LogP contribution in [-0.2, 0) is 16.4 Å². The molecule has 0 bridgehead atoms. The van der Waals surface area contributed by atoms with Crippen molar-refractivity contribution in [1.82, 2.24) is 4.98 Å². The zero-order chi connectivity index (χ0) is 13.2. The number of anilines is 1. The molecule has 2 heterocycles. The van der Waals surface area contributed by atoms with Gasteiger partial charge in [0.05, 0.1) is 6.54 Å². The van der Waals surface area contributed by atoms with Gasteiger partial charge in [0, 0.05) is 22.2 Å². The quantitative estimate of drug-likeness (QED) is 0.936. The maximum absolute atomic E-state index is 11.6. The van der Waals surface area contributed by atoms with Gasteiger partial charge in [0.25, 0.3) is 0 Å². The zero-order valence-corrected chi connectivity index (χ0v) is 11.8. The van der Waals surface area contributed by atoms with Gasteiger partial charge in [0.15, 0.2) is 9.84 Å². The van der Waals surface area contributed by atoms with Crippen molar-refractivity contribution in [3.8, 4) is 0 Å². The number of hydrogen-bond acceptors (Lipinski definition) is 5. The predicted molar refractivity (Wildman–Crippen MR) is 73.7 cm³/mol. The van der Waals surface area contributed by atoms with E-state index in [1.54, 1.807) is 29.7 Å². The molecule has 0 saturated carbocycles. The minimum Gasteiger partial charge on any atom is -0.364 e. The molecular weight excluding hydrogens is 268 g/mol. The Balaban J connectivity index is 2.20. The second-order valence-corrected chi connectivity index (χ2v) is 7.34. The molecule has 0 saturated heterocycles. The lowest BCUT2D eigenvalue weighted by atomic mass is 10.4. The second-order valence-electron chi connectivity index (χ2n) is 3.99. The van der Waals surface area contributed by atoms with E-state index < -0.39 is 9.84 Å². The van der Waals surface area contributed by atoms with Crippen LogP contribution >= 0.6 is 11.3 Å². The standard InChI is InChI=1S/C12H14N2O2S2/c1-9-5-6-10(17-9)8-14-12-11(18(2,15)16)4-3-7-13-12/h3-7H,8H2,1-2H3,(H,13,14). The van der Waals surface area contributed by atoms with Gasteiger partial charge < -0.3 is 5.32 Å². The van der Waals surface area contributed by atoms with Crippen molar-refractivity contribution in [2.24, 2.45) is 0 Å². The van der Waals surface area contributed by atoms with Crippen LogP contribution < -0.4 is 5.32 Å². The molecule has 2 aromatic heterocycles. The monoisotopic (exact) mass is 282 g/mol. The van der Waals surface area contributed by atoms with E-state index in [4.69, 9.17) is 0 Å². The maximum atomic E-state index is 11.6. The molecule has 0 spiro atoms. The van der Waals surface area contributed by atoms with Crippen LogP contribution in [0, 0.1) is 6.92 Å². The lowest BCUT2D eigenvalue weighted by Gasteiger charge is -2.08. The fraction of sp³-hybridized carbons (Fsp3) is 0.250. The summed E-state index contributed by atoms with van der Waals surface area (Å²) in [5.74, 6) is 0.408. The predicted octanol–water partition coefficient (Wildman–Crippen LogP) is 2.47. The number of hydrogen-bond donors (Lipinski definition) is 1. The van der Waals surface area contributed by atoms with Gasteiger partial charge in [-0.3, -0.25) is 0 Å². The summed E-state index contributed by atoms with van der Waals surface area (Å²) in [6.45, 7) is 2.62. The number of pyridine rings is 1. The van der Waals surface area contributed by atoms with Crippen LogP contribution in [0.25, 0.3) is 0 Å². The highest BCUT2D eigenvalue weighted by atomic mass is 32.2. The van der Waals surface area contributed by atoms with Gasteiger partial charge in [-0.15, -0.1) is 11.3 Å². The van der Waals surface area contributed by atoms with Crippen molar-refractivity contribution in [3.05, 3.63) is 40.2 Å². The summed E-state index contributed by atoms with van der Waals surface area (Å²) >= 11 is 1.68. The number of thiophene rings is 1. The molecule has 0 radical (unpaired) electrons. The number of sulfone groups is 1. The van der Waals surface area contributed by atoms with Gasteiger partial charge in [0.2, 0.25) is 0 Å². The van der Waals surface area contributed by atoms with Crippen molar-refractivity contribution >= 4 is 27.0 Å². The highest BCUT2D eigenvalue weighted by Crippen LogP contribution is 2.20. The van der Waals surface area contributed by atoms with Crippen molar-refractivity contribution in [2.45, 2.75) is 18.4 Å². The van der Waals surface area contributed by atoms with E-state index >= 15 is 0 Å². The first-order valence-corrected chi connectivity index (χ1v) is 8.12. The molecule has 0 aromatic carbocycles. The van der Waals surface area contributed by atoms with Gasteiger partial charge in [-0.05, 0) is 31.2 Å². The summed E-state index contributed by atoms with van der Waals surface area (Å²) in [6, 6.07) is 7.24. The number of aromatic nitrogens is 1. The topological polar surface area (TPSA) is 59.1 Å². The summed E-state index contributed by atoms with van der Waals surface area (Å²) in [6.07, 6.45) is 2.77. The fourth-order valence-corrected chi connectivity index (χ4v) is 3.21. The first-order valence-electron chi connectivity index (χ1n) is 5.41. The molecule has 0 unspecified atom stereocenters. The van der Waals surface area contributed by atoms with E-state index in [2.05, 4.69) is 10.3 Å². The summed E-state index contributed by atoms with van der Waals surface area (Å²) in [7, 11) is -3.25. The average Bonchev–Trinajstić information content (AvgIpc) is 2.72. The highest BCUT2D eigenvalue weighted by Gasteiger charge is 2.13. The minimum absolute atomic E-state index is 0.235. The molecule has 2 aromatic rings. The first kappa shape index (κ1) is 13.0. The summed E-state index contributed by atoms with van der Waals surface area (Å²) < 4.78 is 23.2. The van der Waals surface area contributed by atoms with Gasteiger partial charge in [0.1, 0.15) is 10.7 Å². The van der Waals surface area contributed by atoms with Crippen LogP contribution in [0.1, 0.15) is 9.75 Å². The molecule has 2 rings (SSSR count). The number of aryl methyl sites for hydroxylation is 1. The van der Waals surface area contributed by atoms with Gasteiger partial charge >= 0.3 is 0 Å². The van der Waals surface area contributed by atoms with Crippen LogP contribution in [0.5, 0.6) is 0 Å². The molecule has 0 amide bonds. The van der Waals surface area contributed by atoms with E-state index in [-0.39, 0.29) is 4.90 Å². The third-order valence-electron chi connectivity index (χ3n) is 2.40. The van der Waals surface area contributed by atoms with Crippen LogP contribution in [-0.4, -0.2) is 19.7 Å². The van der Waals surface area contributed by atoms with Gasteiger partial charge in [-0.1, -0.05) is 0 Å². The molecule has 6 heteroatoms. The summed E-state index contributed by atoms with van der Waals surface area (Å²) in [4.78, 5) is 6.70. The van der Waals surface area contributed by atoms with Gasteiger partial charge in [-0.2, -0.15) is 0 Å². The largest absolute Gasteiger partial charge is 0.364 e. The Morgan fingerprint density at radius 3 is 2.72 bits per heavy atom. The number of nitrogens with one attached hydrogen (secondary N) is 1. The molecule has 96 valence electrons. The van der Waals surface area contributed by atoms with Crippen LogP contribution in [0.4, 0.5) is 5.82 Å². The molecular formula is C12H14N2O2S2.